The van der Waals surface area contributed by atoms with Crippen LogP contribution in [-0.2, 0) is 4.74 Å². The van der Waals surface area contributed by atoms with E-state index in [0.29, 0.717) is 0 Å². The Bertz CT molecular complexity index is 133. The van der Waals surface area contributed by atoms with E-state index in [0.717, 1.165) is 31.0 Å². The first kappa shape index (κ1) is 7.60. The summed E-state index contributed by atoms with van der Waals surface area (Å²) in [6.45, 7) is 4.03. The fraction of sp³-hybridized carbons (Fsp3) is 1.00. The van der Waals surface area contributed by atoms with Gasteiger partial charge in [-0.05, 0) is 43.9 Å². The first-order valence-electron chi connectivity index (χ1n) is 4.98. The molecule has 2 aliphatic rings. The van der Waals surface area contributed by atoms with E-state index < -0.39 is 0 Å². The summed E-state index contributed by atoms with van der Waals surface area (Å²) in [6.07, 6.45) is 5.97. The van der Waals surface area contributed by atoms with E-state index in [-0.39, 0.29) is 0 Å². The molecule has 0 amide bonds. The summed E-state index contributed by atoms with van der Waals surface area (Å²) in [4.78, 5) is 0. The van der Waals surface area contributed by atoms with Crippen LogP contribution in [-0.4, -0.2) is 13.2 Å². The Kier molecular flexibility index (Phi) is 2.17. The van der Waals surface area contributed by atoms with E-state index in [1.54, 1.807) is 0 Å². The van der Waals surface area contributed by atoms with Gasteiger partial charge in [-0.3, -0.25) is 0 Å². The molecule has 2 fully saturated rings. The van der Waals surface area contributed by atoms with E-state index in [2.05, 4.69) is 6.92 Å². The van der Waals surface area contributed by atoms with Gasteiger partial charge in [0.2, 0.25) is 0 Å². The maximum Gasteiger partial charge on any atom is 0.0496 e. The summed E-state index contributed by atoms with van der Waals surface area (Å²) in [5, 5.41) is 0. The molecular formula is C10H18O. The second kappa shape index (κ2) is 3.14. The smallest absolute Gasteiger partial charge is 0.0496 e. The van der Waals surface area contributed by atoms with Crippen molar-refractivity contribution >= 4 is 0 Å². The van der Waals surface area contributed by atoms with Gasteiger partial charge in [0.15, 0.2) is 0 Å². The Morgan fingerprint density at radius 1 is 1.27 bits per heavy atom. The van der Waals surface area contributed by atoms with Crippen LogP contribution >= 0.6 is 0 Å². The Morgan fingerprint density at radius 3 is 2.73 bits per heavy atom. The highest BCUT2D eigenvalue weighted by Crippen LogP contribution is 2.48. The molecule has 0 saturated heterocycles. The van der Waals surface area contributed by atoms with Crippen LogP contribution in [0.5, 0.6) is 0 Å². The third kappa shape index (κ3) is 1.44. The molecule has 11 heavy (non-hydrogen) atoms. The lowest BCUT2D eigenvalue weighted by Gasteiger charge is -2.20. The van der Waals surface area contributed by atoms with Crippen molar-refractivity contribution < 1.29 is 4.74 Å². The van der Waals surface area contributed by atoms with Gasteiger partial charge in [-0.1, -0.05) is 6.42 Å². The van der Waals surface area contributed by atoms with Gasteiger partial charge in [-0.25, -0.2) is 0 Å². The molecular weight excluding hydrogens is 136 g/mol. The van der Waals surface area contributed by atoms with Crippen LogP contribution in [0.3, 0.4) is 0 Å². The van der Waals surface area contributed by atoms with E-state index in [4.69, 9.17) is 4.74 Å². The largest absolute Gasteiger partial charge is 0.381 e. The average Bonchev–Trinajstić information content (AvgIpc) is 2.60. The summed E-state index contributed by atoms with van der Waals surface area (Å²) in [6, 6.07) is 0. The molecule has 0 heterocycles. The molecule has 3 atom stereocenters. The van der Waals surface area contributed by atoms with Crippen molar-refractivity contribution in [1.82, 2.24) is 0 Å². The first-order chi connectivity index (χ1) is 5.40. The molecule has 0 radical (unpaired) electrons. The summed E-state index contributed by atoms with van der Waals surface area (Å²) in [5.41, 5.74) is 0. The molecule has 2 aliphatic carbocycles. The van der Waals surface area contributed by atoms with Crippen molar-refractivity contribution in [2.75, 3.05) is 13.2 Å². The van der Waals surface area contributed by atoms with Crippen molar-refractivity contribution in [1.29, 1.82) is 0 Å². The minimum Gasteiger partial charge on any atom is -0.381 e. The van der Waals surface area contributed by atoms with Crippen LogP contribution in [0.25, 0.3) is 0 Å². The normalized spacial score (nSPS) is 41.7. The standard InChI is InChI=1S/C10H18O/c1-2-11-7-10-6-8-3-4-9(10)5-8/h8-10H,2-7H2,1H3/t8?,9?,10-/m1/s1. The molecule has 2 rings (SSSR count). The van der Waals surface area contributed by atoms with Gasteiger partial charge in [0.25, 0.3) is 0 Å². The maximum atomic E-state index is 5.47. The average molecular weight is 154 g/mol. The van der Waals surface area contributed by atoms with Gasteiger partial charge in [-0.15, -0.1) is 0 Å². The first-order valence-corrected chi connectivity index (χ1v) is 4.98. The molecule has 0 N–H and O–H groups in total. The summed E-state index contributed by atoms with van der Waals surface area (Å²) >= 11 is 0. The van der Waals surface area contributed by atoms with Crippen LogP contribution in [0.4, 0.5) is 0 Å². The monoisotopic (exact) mass is 154 g/mol. The summed E-state index contributed by atoms with van der Waals surface area (Å²) in [7, 11) is 0. The van der Waals surface area contributed by atoms with Crippen molar-refractivity contribution in [2.45, 2.75) is 32.6 Å². The van der Waals surface area contributed by atoms with Gasteiger partial charge in [0, 0.05) is 13.2 Å². The van der Waals surface area contributed by atoms with Gasteiger partial charge in [0.1, 0.15) is 0 Å². The highest BCUT2D eigenvalue weighted by Gasteiger charge is 2.39. The summed E-state index contributed by atoms with van der Waals surface area (Å²) in [5.74, 6) is 3.03. The second-order valence-corrected chi connectivity index (χ2v) is 4.09. The van der Waals surface area contributed by atoms with Crippen LogP contribution in [0.15, 0.2) is 0 Å². The Balaban J connectivity index is 1.78. The van der Waals surface area contributed by atoms with Gasteiger partial charge in [0.05, 0.1) is 0 Å². The van der Waals surface area contributed by atoms with E-state index >= 15 is 0 Å². The van der Waals surface area contributed by atoms with Gasteiger partial charge in [-0.2, -0.15) is 0 Å². The predicted molar refractivity (Wildman–Crippen MR) is 45.4 cm³/mol. The predicted octanol–water partition coefficient (Wildman–Crippen LogP) is 2.46. The van der Waals surface area contributed by atoms with E-state index in [9.17, 15) is 0 Å². The molecule has 64 valence electrons. The van der Waals surface area contributed by atoms with E-state index in [1.165, 1.54) is 25.7 Å². The quantitative estimate of drug-likeness (QED) is 0.606. The number of fused-ring (bicyclic) bond motifs is 2. The molecule has 1 heteroatoms. The van der Waals surface area contributed by atoms with Crippen molar-refractivity contribution in [3.05, 3.63) is 0 Å². The highest BCUT2D eigenvalue weighted by molar-refractivity contribution is 4.89. The van der Waals surface area contributed by atoms with Crippen molar-refractivity contribution in [2.24, 2.45) is 17.8 Å². The van der Waals surface area contributed by atoms with Gasteiger partial charge >= 0.3 is 0 Å². The lowest BCUT2D eigenvalue weighted by Crippen LogP contribution is -2.16. The minimum absolute atomic E-state index is 0.897. The second-order valence-electron chi connectivity index (χ2n) is 4.09. The van der Waals surface area contributed by atoms with Crippen LogP contribution in [0, 0.1) is 17.8 Å². The molecule has 0 aromatic carbocycles. The zero-order valence-corrected chi connectivity index (χ0v) is 7.38. The number of rotatable bonds is 3. The van der Waals surface area contributed by atoms with Crippen LogP contribution in [0.2, 0.25) is 0 Å². The summed E-state index contributed by atoms with van der Waals surface area (Å²) < 4.78 is 5.47. The third-order valence-electron chi connectivity index (χ3n) is 3.42. The molecule has 1 nitrogen and oxygen atoms in total. The van der Waals surface area contributed by atoms with Gasteiger partial charge < -0.3 is 4.74 Å². The number of hydrogen-bond acceptors (Lipinski definition) is 1. The lowest BCUT2D eigenvalue weighted by atomic mass is 9.90. The lowest BCUT2D eigenvalue weighted by molar-refractivity contribution is 0.0877. The molecule has 2 unspecified atom stereocenters. The maximum absolute atomic E-state index is 5.47. The van der Waals surface area contributed by atoms with Crippen LogP contribution < -0.4 is 0 Å². The SMILES string of the molecule is CCOC[C@H]1CC2CCC1C2. The van der Waals surface area contributed by atoms with E-state index in [1.807, 2.05) is 0 Å². The Labute approximate surface area is 69.1 Å². The molecule has 0 aromatic rings. The Morgan fingerprint density at radius 2 is 2.18 bits per heavy atom. The molecule has 0 aliphatic heterocycles. The topological polar surface area (TPSA) is 9.23 Å². The number of ether oxygens (including phenoxy) is 1. The molecule has 0 spiro atoms. The van der Waals surface area contributed by atoms with Crippen molar-refractivity contribution in [3.63, 3.8) is 0 Å². The fourth-order valence-corrected chi connectivity index (χ4v) is 2.85. The Hall–Kier alpha value is -0.0400. The highest BCUT2D eigenvalue weighted by atomic mass is 16.5. The number of hydrogen-bond donors (Lipinski definition) is 0. The minimum atomic E-state index is 0.897. The third-order valence-corrected chi connectivity index (χ3v) is 3.42. The fourth-order valence-electron chi connectivity index (χ4n) is 2.85. The molecule has 2 saturated carbocycles. The zero-order chi connectivity index (χ0) is 7.68. The van der Waals surface area contributed by atoms with Crippen molar-refractivity contribution in [3.8, 4) is 0 Å². The van der Waals surface area contributed by atoms with Crippen LogP contribution in [0.1, 0.15) is 32.6 Å². The zero-order valence-electron chi connectivity index (χ0n) is 7.38. The molecule has 0 aromatic heterocycles. The molecule has 2 bridgehead atoms.